The highest BCUT2D eigenvalue weighted by molar-refractivity contribution is 8.03. The molecule has 0 spiro atoms. The Morgan fingerprint density at radius 2 is 2.00 bits per heavy atom. The molecule has 2 heterocycles. The van der Waals surface area contributed by atoms with Gasteiger partial charge in [-0.25, -0.2) is 0 Å². The van der Waals surface area contributed by atoms with Crippen molar-refractivity contribution >= 4 is 57.1 Å². The Kier molecular flexibility index (Phi) is 6.39. The van der Waals surface area contributed by atoms with Crippen LogP contribution in [-0.2, 0) is 17.6 Å². The molecule has 1 aliphatic rings. The van der Waals surface area contributed by atoms with Gasteiger partial charge in [-0.05, 0) is 44.4 Å². The van der Waals surface area contributed by atoms with Gasteiger partial charge in [-0.2, -0.15) is 5.26 Å². The number of aromatic nitrogens is 2. The molecule has 0 bridgehead atoms. The first-order valence-electron chi connectivity index (χ1n) is 8.02. The molecule has 1 N–H and O–H groups in total. The molecular formula is C16H18N4OS4. The first-order valence-corrected chi connectivity index (χ1v) is 11.8. The number of nitrogens with zero attached hydrogens (tertiary/aromatic N) is 3. The van der Waals surface area contributed by atoms with Crippen LogP contribution in [-0.4, -0.2) is 27.6 Å². The standard InChI is InChI=1S/C16H18N4OS4/c1-9(23-16-20-19-15(22-2)25-16)13(21)18-14-11(8-17)10-6-4-3-5-7-12(10)24-14/h9H,3-7H2,1-2H3,(H,18,21). The number of rotatable bonds is 5. The molecule has 0 saturated carbocycles. The van der Waals surface area contributed by atoms with E-state index >= 15 is 0 Å². The number of carbonyl (C=O) groups excluding carboxylic acids is 1. The quantitative estimate of drug-likeness (QED) is 0.574. The monoisotopic (exact) mass is 410 g/mol. The summed E-state index contributed by atoms with van der Waals surface area (Å²) in [6, 6.07) is 2.30. The summed E-state index contributed by atoms with van der Waals surface area (Å²) < 4.78 is 1.68. The second-order valence-electron chi connectivity index (χ2n) is 5.67. The van der Waals surface area contributed by atoms with Gasteiger partial charge in [-0.3, -0.25) is 4.79 Å². The summed E-state index contributed by atoms with van der Waals surface area (Å²) in [4.78, 5) is 13.8. The van der Waals surface area contributed by atoms with Crippen LogP contribution in [0.15, 0.2) is 8.68 Å². The number of carbonyl (C=O) groups is 1. The van der Waals surface area contributed by atoms with Gasteiger partial charge in [-0.1, -0.05) is 41.3 Å². The van der Waals surface area contributed by atoms with Crippen LogP contribution in [0.25, 0.3) is 0 Å². The van der Waals surface area contributed by atoms with Crippen molar-refractivity contribution < 1.29 is 4.79 Å². The average molecular weight is 411 g/mol. The van der Waals surface area contributed by atoms with Crippen molar-refractivity contribution in [2.24, 2.45) is 0 Å². The smallest absolute Gasteiger partial charge is 0.238 e. The van der Waals surface area contributed by atoms with E-state index in [1.807, 2.05) is 13.2 Å². The second-order valence-corrected chi connectivity index (χ2v) is 10.4. The molecule has 0 aliphatic heterocycles. The Morgan fingerprint density at radius 3 is 2.72 bits per heavy atom. The van der Waals surface area contributed by atoms with E-state index in [-0.39, 0.29) is 11.2 Å². The lowest BCUT2D eigenvalue weighted by Crippen LogP contribution is -2.22. The summed E-state index contributed by atoms with van der Waals surface area (Å²) in [5, 5.41) is 21.1. The number of anilines is 1. The molecule has 2 aromatic heterocycles. The molecule has 132 valence electrons. The molecule has 1 amide bonds. The molecule has 1 unspecified atom stereocenters. The van der Waals surface area contributed by atoms with Crippen molar-refractivity contribution in [1.82, 2.24) is 10.2 Å². The number of hydrogen-bond acceptors (Lipinski definition) is 8. The minimum atomic E-state index is -0.295. The number of thioether (sulfide) groups is 2. The van der Waals surface area contributed by atoms with E-state index in [4.69, 9.17) is 0 Å². The molecule has 3 rings (SSSR count). The van der Waals surface area contributed by atoms with Gasteiger partial charge in [0.2, 0.25) is 5.91 Å². The van der Waals surface area contributed by atoms with Crippen molar-refractivity contribution in [2.45, 2.75) is 53.0 Å². The van der Waals surface area contributed by atoms with Gasteiger partial charge >= 0.3 is 0 Å². The van der Waals surface area contributed by atoms with Crippen LogP contribution in [0.3, 0.4) is 0 Å². The third-order valence-corrected chi connectivity index (χ3v) is 8.27. The molecular weight excluding hydrogens is 392 g/mol. The molecule has 0 radical (unpaired) electrons. The molecule has 9 heteroatoms. The molecule has 0 saturated heterocycles. The highest BCUT2D eigenvalue weighted by Gasteiger charge is 2.23. The lowest BCUT2D eigenvalue weighted by molar-refractivity contribution is -0.115. The van der Waals surface area contributed by atoms with E-state index in [0.29, 0.717) is 10.6 Å². The molecule has 0 fully saturated rings. The molecule has 0 aromatic carbocycles. The number of hydrogen-bond donors (Lipinski definition) is 1. The fourth-order valence-electron chi connectivity index (χ4n) is 2.69. The predicted molar refractivity (Wildman–Crippen MR) is 106 cm³/mol. The third-order valence-electron chi connectivity index (χ3n) is 3.98. The molecule has 2 aromatic rings. The lowest BCUT2D eigenvalue weighted by atomic mass is 10.1. The first-order chi connectivity index (χ1) is 12.1. The Hall–Kier alpha value is -1.08. The van der Waals surface area contributed by atoms with Crippen LogP contribution in [0.2, 0.25) is 0 Å². The average Bonchev–Trinajstić information content (AvgIpc) is 3.11. The lowest BCUT2D eigenvalue weighted by Gasteiger charge is -2.09. The maximum atomic E-state index is 12.6. The van der Waals surface area contributed by atoms with Crippen molar-refractivity contribution in [3.05, 3.63) is 16.0 Å². The van der Waals surface area contributed by atoms with E-state index < -0.39 is 0 Å². The zero-order valence-corrected chi connectivity index (χ0v) is 17.3. The predicted octanol–water partition coefficient (Wildman–Crippen LogP) is 4.58. The van der Waals surface area contributed by atoms with Gasteiger partial charge in [-0.15, -0.1) is 21.5 Å². The Balaban J connectivity index is 1.71. The summed E-state index contributed by atoms with van der Waals surface area (Å²) >= 11 is 6.00. The topological polar surface area (TPSA) is 78.7 Å². The minimum absolute atomic E-state index is 0.0983. The van der Waals surface area contributed by atoms with E-state index in [9.17, 15) is 10.1 Å². The Labute approximate surface area is 163 Å². The van der Waals surface area contributed by atoms with Gasteiger partial charge in [0, 0.05) is 4.88 Å². The fraction of sp³-hybridized carbons (Fsp3) is 0.500. The van der Waals surface area contributed by atoms with Crippen molar-refractivity contribution in [3.63, 3.8) is 0 Å². The van der Waals surface area contributed by atoms with Gasteiger partial charge in [0.25, 0.3) is 0 Å². The summed E-state index contributed by atoms with van der Waals surface area (Å²) in [6.07, 6.45) is 7.39. The third kappa shape index (κ3) is 4.37. The number of amides is 1. The molecule has 25 heavy (non-hydrogen) atoms. The maximum absolute atomic E-state index is 12.6. The van der Waals surface area contributed by atoms with Gasteiger partial charge < -0.3 is 5.32 Å². The van der Waals surface area contributed by atoms with Crippen LogP contribution in [0, 0.1) is 11.3 Å². The largest absolute Gasteiger partial charge is 0.316 e. The summed E-state index contributed by atoms with van der Waals surface area (Å²) in [6.45, 7) is 1.85. The van der Waals surface area contributed by atoms with Crippen molar-refractivity contribution in [1.29, 1.82) is 5.26 Å². The van der Waals surface area contributed by atoms with Crippen LogP contribution in [0.4, 0.5) is 5.00 Å². The fourth-order valence-corrected chi connectivity index (χ4v) is 6.52. The molecule has 5 nitrogen and oxygen atoms in total. The van der Waals surface area contributed by atoms with Gasteiger partial charge in [0.15, 0.2) is 8.68 Å². The van der Waals surface area contributed by atoms with Gasteiger partial charge in [0.05, 0.1) is 10.8 Å². The van der Waals surface area contributed by atoms with Gasteiger partial charge in [0.1, 0.15) is 11.1 Å². The summed E-state index contributed by atoms with van der Waals surface area (Å²) in [7, 11) is 0. The first kappa shape index (κ1) is 18.7. The van der Waals surface area contributed by atoms with E-state index in [1.165, 1.54) is 34.4 Å². The van der Waals surface area contributed by atoms with Crippen LogP contribution < -0.4 is 5.32 Å². The number of thiophene rings is 1. The van der Waals surface area contributed by atoms with Crippen LogP contribution in [0.1, 0.15) is 42.2 Å². The van der Waals surface area contributed by atoms with E-state index in [2.05, 4.69) is 21.6 Å². The maximum Gasteiger partial charge on any atom is 0.238 e. The number of aryl methyl sites for hydroxylation is 1. The Morgan fingerprint density at radius 1 is 1.24 bits per heavy atom. The number of nitriles is 1. The van der Waals surface area contributed by atoms with Crippen LogP contribution in [0.5, 0.6) is 0 Å². The van der Waals surface area contributed by atoms with E-state index in [1.54, 1.807) is 23.1 Å². The molecule has 1 atom stereocenters. The Bertz CT molecular complexity index is 808. The highest BCUT2D eigenvalue weighted by atomic mass is 32.2. The van der Waals surface area contributed by atoms with Crippen LogP contribution >= 0.6 is 46.2 Å². The summed E-state index contributed by atoms with van der Waals surface area (Å²) in [5.74, 6) is -0.0983. The van der Waals surface area contributed by atoms with Crippen molar-refractivity contribution in [2.75, 3.05) is 11.6 Å². The second kappa shape index (κ2) is 8.54. The highest BCUT2D eigenvalue weighted by Crippen LogP contribution is 2.37. The SMILES string of the molecule is CSc1nnc(SC(C)C(=O)Nc2sc3c(c2C#N)CCCCC3)s1. The van der Waals surface area contributed by atoms with Crippen molar-refractivity contribution in [3.8, 4) is 6.07 Å². The minimum Gasteiger partial charge on any atom is -0.316 e. The molecule has 1 aliphatic carbocycles. The number of fused-ring (bicyclic) bond motifs is 1. The zero-order valence-electron chi connectivity index (χ0n) is 14.0. The number of nitrogens with one attached hydrogen (secondary N) is 1. The van der Waals surface area contributed by atoms with E-state index in [0.717, 1.165) is 39.9 Å². The zero-order chi connectivity index (χ0) is 17.8. The normalized spacial score (nSPS) is 15.1. The summed E-state index contributed by atoms with van der Waals surface area (Å²) in [5.41, 5.74) is 1.81.